The van der Waals surface area contributed by atoms with Gasteiger partial charge in [0.05, 0.1) is 12.8 Å². The highest BCUT2D eigenvalue weighted by atomic mass is 19.1. The molecule has 0 spiro atoms. The Morgan fingerprint density at radius 2 is 1.94 bits per heavy atom. The van der Waals surface area contributed by atoms with E-state index in [0.29, 0.717) is 19.0 Å². The molecule has 1 saturated heterocycles. The number of pyridine rings is 1. The van der Waals surface area contributed by atoms with Crippen LogP contribution >= 0.6 is 0 Å². The molecule has 0 saturated carbocycles. The van der Waals surface area contributed by atoms with Gasteiger partial charge >= 0.3 is 0 Å². The minimum Gasteiger partial charge on any atom is -0.477 e. The lowest BCUT2D eigenvalue weighted by molar-refractivity contribution is 0.0629. The zero-order valence-electron chi connectivity index (χ0n) is 18.5. The van der Waals surface area contributed by atoms with Gasteiger partial charge in [0.1, 0.15) is 5.82 Å². The van der Waals surface area contributed by atoms with E-state index in [0.717, 1.165) is 55.1 Å². The molecule has 1 fully saturated rings. The molecular formula is C27H29FN2O2. The molecule has 166 valence electrons. The van der Waals surface area contributed by atoms with Crippen LogP contribution in [-0.4, -0.2) is 35.5 Å². The summed E-state index contributed by atoms with van der Waals surface area (Å²) in [5.74, 6) is 0.372. The lowest BCUT2D eigenvalue weighted by atomic mass is 9.93. The summed E-state index contributed by atoms with van der Waals surface area (Å²) < 4.78 is 18.8. The molecule has 5 heteroatoms. The monoisotopic (exact) mass is 432 g/mol. The van der Waals surface area contributed by atoms with Gasteiger partial charge in [0.25, 0.3) is 5.91 Å². The van der Waals surface area contributed by atoms with Crippen molar-refractivity contribution in [1.82, 2.24) is 9.88 Å². The molecule has 1 unspecified atom stereocenters. The fourth-order valence-corrected chi connectivity index (χ4v) is 4.36. The number of carbonyl (C=O) groups is 1. The van der Waals surface area contributed by atoms with E-state index in [1.807, 2.05) is 30.0 Å². The molecule has 2 heterocycles. The van der Waals surface area contributed by atoms with Crippen molar-refractivity contribution in [3.63, 3.8) is 0 Å². The molecule has 0 bridgehead atoms. The molecule has 0 radical (unpaired) electrons. The number of likely N-dealkylation sites (tertiary alicyclic amines) is 1. The lowest BCUT2D eigenvalue weighted by Gasteiger charge is -2.33. The summed E-state index contributed by atoms with van der Waals surface area (Å²) >= 11 is 0. The van der Waals surface area contributed by atoms with Crippen LogP contribution in [0.15, 0.2) is 66.9 Å². The first kappa shape index (κ1) is 22.0. The Labute approximate surface area is 189 Å². The molecule has 3 aromatic rings. The summed E-state index contributed by atoms with van der Waals surface area (Å²) in [6.07, 6.45) is 4.84. The fraction of sp³-hybridized carbons (Fsp3) is 0.333. The van der Waals surface area contributed by atoms with E-state index < -0.39 is 0 Å². The van der Waals surface area contributed by atoms with E-state index in [9.17, 15) is 9.18 Å². The van der Waals surface area contributed by atoms with Gasteiger partial charge in [-0.3, -0.25) is 4.79 Å². The van der Waals surface area contributed by atoms with Crippen LogP contribution in [0.1, 0.15) is 39.9 Å². The van der Waals surface area contributed by atoms with Gasteiger partial charge in [0.15, 0.2) is 0 Å². The third kappa shape index (κ3) is 5.52. The smallest absolute Gasteiger partial charge is 0.254 e. The number of aromatic nitrogens is 1. The molecule has 4 nitrogen and oxygen atoms in total. The van der Waals surface area contributed by atoms with Gasteiger partial charge in [0.2, 0.25) is 5.88 Å². The molecule has 1 aromatic heterocycles. The Morgan fingerprint density at radius 1 is 1.09 bits per heavy atom. The Kier molecular flexibility index (Phi) is 7.15. The normalized spacial score (nSPS) is 16.1. The van der Waals surface area contributed by atoms with E-state index in [4.69, 9.17) is 4.74 Å². The van der Waals surface area contributed by atoms with Gasteiger partial charge in [-0.1, -0.05) is 48.5 Å². The average Bonchev–Trinajstić information content (AvgIpc) is 2.83. The molecule has 1 amide bonds. The van der Waals surface area contributed by atoms with Crippen LogP contribution in [-0.2, 0) is 12.8 Å². The number of piperidine rings is 1. The molecule has 1 aliphatic rings. The number of halogens is 1. The number of hydrogen-bond acceptors (Lipinski definition) is 3. The van der Waals surface area contributed by atoms with Gasteiger partial charge in [-0.05, 0) is 55.4 Å². The highest BCUT2D eigenvalue weighted by molar-refractivity contribution is 5.97. The van der Waals surface area contributed by atoms with Crippen molar-refractivity contribution in [2.45, 2.75) is 32.6 Å². The van der Waals surface area contributed by atoms with Crippen molar-refractivity contribution in [3.05, 3.63) is 94.9 Å². The van der Waals surface area contributed by atoms with Crippen LogP contribution in [0.5, 0.6) is 5.88 Å². The summed E-state index contributed by atoms with van der Waals surface area (Å²) in [6.45, 7) is 3.91. The maximum atomic E-state index is 13.5. The van der Waals surface area contributed by atoms with E-state index >= 15 is 0 Å². The predicted octanol–water partition coefficient (Wildman–Crippen LogP) is 5.25. The van der Waals surface area contributed by atoms with Crippen molar-refractivity contribution in [2.24, 2.45) is 5.92 Å². The summed E-state index contributed by atoms with van der Waals surface area (Å²) in [7, 11) is 0. The number of hydrogen-bond donors (Lipinski definition) is 0. The van der Waals surface area contributed by atoms with Crippen LogP contribution in [0.3, 0.4) is 0 Å². The van der Waals surface area contributed by atoms with Crippen LogP contribution in [0.25, 0.3) is 0 Å². The summed E-state index contributed by atoms with van der Waals surface area (Å²) in [5, 5.41) is 0. The minimum absolute atomic E-state index is 0.107. The zero-order valence-corrected chi connectivity index (χ0v) is 18.5. The Morgan fingerprint density at radius 3 is 2.72 bits per heavy atom. The van der Waals surface area contributed by atoms with Crippen molar-refractivity contribution < 1.29 is 13.9 Å². The number of aryl methyl sites for hydroxylation is 3. The molecule has 0 N–H and O–H groups in total. The number of benzene rings is 2. The second kappa shape index (κ2) is 10.4. The summed E-state index contributed by atoms with van der Waals surface area (Å²) in [4.78, 5) is 19.5. The first-order chi connectivity index (χ1) is 15.6. The molecule has 1 atom stereocenters. The number of nitrogens with zero attached hydrogens (tertiary/aromatic N) is 2. The molecular weight excluding hydrogens is 403 g/mol. The van der Waals surface area contributed by atoms with E-state index in [1.54, 1.807) is 0 Å². The zero-order chi connectivity index (χ0) is 22.3. The Bertz CT molecular complexity index is 1040. The lowest BCUT2D eigenvalue weighted by Crippen LogP contribution is -2.42. The van der Waals surface area contributed by atoms with Crippen LogP contribution < -0.4 is 4.74 Å². The van der Waals surface area contributed by atoms with Gasteiger partial charge in [-0.25, -0.2) is 9.37 Å². The maximum absolute atomic E-state index is 13.5. The second-order valence-electron chi connectivity index (χ2n) is 8.48. The number of carbonyl (C=O) groups excluding carboxylic acids is 1. The third-order valence-corrected chi connectivity index (χ3v) is 6.07. The van der Waals surface area contributed by atoms with Gasteiger partial charge in [-0.15, -0.1) is 0 Å². The van der Waals surface area contributed by atoms with Crippen molar-refractivity contribution in [2.75, 3.05) is 19.7 Å². The first-order valence-corrected chi connectivity index (χ1v) is 11.3. The standard InChI is InChI=1S/C27H29FN2O2/c1-20-7-5-11-23(13-12-21-8-3-2-4-9-21)26(20)27(31)30-16-6-10-22(18-30)19-32-25-15-14-24(28)17-29-25/h2-5,7-9,11,14-15,17,22H,6,10,12-13,16,18-19H2,1H3. The molecule has 32 heavy (non-hydrogen) atoms. The third-order valence-electron chi connectivity index (χ3n) is 6.07. The molecule has 2 aromatic carbocycles. The highest BCUT2D eigenvalue weighted by Gasteiger charge is 2.27. The van der Waals surface area contributed by atoms with Crippen LogP contribution in [0.4, 0.5) is 4.39 Å². The molecule has 4 rings (SSSR count). The predicted molar refractivity (Wildman–Crippen MR) is 123 cm³/mol. The quantitative estimate of drug-likeness (QED) is 0.512. The van der Waals surface area contributed by atoms with Gasteiger partial charge in [-0.2, -0.15) is 0 Å². The number of ether oxygens (including phenoxy) is 1. The Balaban J connectivity index is 1.42. The van der Waals surface area contributed by atoms with E-state index in [-0.39, 0.29) is 17.6 Å². The Hall–Kier alpha value is -3.21. The highest BCUT2D eigenvalue weighted by Crippen LogP contribution is 2.24. The van der Waals surface area contributed by atoms with Crippen molar-refractivity contribution in [3.8, 4) is 5.88 Å². The SMILES string of the molecule is Cc1cccc(CCc2ccccc2)c1C(=O)N1CCCC(COc2ccc(F)cn2)C1. The van der Waals surface area contributed by atoms with Gasteiger partial charge in [0, 0.05) is 30.6 Å². The fourth-order valence-electron chi connectivity index (χ4n) is 4.36. The summed E-state index contributed by atoms with van der Waals surface area (Å²) in [5.41, 5.74) is 4.24. The number of rotatable bonds is 7. The van der Waals surface area contributed by atoms with Crippen molar-refractivity contribution >= 4 is 5.91 Å². The van der Waals surface area contributed by atoms with E-state index in [1.165, 1.54) is 17.7 Å². The van der Waals surface area contributed by atoms with E-state index in [2.05, 4.69) is 35.3 Å². The van der Waals surface area contributed by atoms with Crippen LogP contribution in [0, 0.1) is 18.7 Å². The maximum Gasteiger partial charge on any atom is 0.254 e. The largest absolute Gasteiger partial charge is 0.477 e. The molecule has 1 aliphatic heterocycles. The average molecular weight is 433 g/mol. The second-order valence-corrected chi connectivity index (χ2v) is 8.48. The van der Waals surface area contributed by atoms with Gasteiger partial charge < -0.3 is 9.64 Å². The topological polar surface area (TPSA) is 42.4 Å². The first-order valence-electron chi connectivity index (χ1n) is 11.3. The number of amides is 1. The van der Waals surface area contributed by atoms with Crippen LogP contribution in [0.2, 0.25) is 0 Å². The molecule has 0 aliphatic carbocycles. The minimum atomic E-state index is -0.381. The summed E-state index contributed by atoms with van der Waals surface area (Å²) in [6, 6.07) is 19.4. The van der Waals surface area contributed by atoms with Crippen molar-refractivity contribution in [1.29, 1.82) is 0 Å².